The van der Waals surface area contributed by atoms with Crippen molar-refractivity contribution in [3.8, 4) is 0 Å². The van der Waals surface area contributed by atoms with Crippen LogP contribution in [0.2, 0.25) is 0 Å². The molecule has 8 heteroatoms. The van der Waals surface area contributed by atoms with Gasteiger partial charge in [0.25, 0.3) is 5.91 Å². The maximum Gasteiger partial charge on any atom is 0.416 e. The lowest BCUT2D eigenvalue weighted by Gasteiger charge is -2.24. The normalized spacial score (nSPS) is 16.9. The Balaban J connectivity index is 1.57. The van der Waals surface area contributed by atoms with Crippen molar-refractivity contribution >= 4 is 5.91 Å². The van der Waals surface area contributed by atoms with E-state index in [1.807, 2.05) is 18.5 Å². The summed E-state index contributed by atoms with van der Waals surface area (Å²) in [6.45, 7) is 5.61. The van der Waals surface area contributed by atoms with Crippen molar-refractivity contribution in [2.24, 2.45) is 5.92 Å². The average molecular weight is 394 g/mol. The fourth-order valence-electron chi connectivity index (χ4n) is 3.48. The lowest BCUT2D eigenvalue weighted by atomic mass is 9.94. The lowest BCUT2D eigenvalue weighted by molar-refractivity contribution is -0.137. The van der Waals surface area contributed by atoms with E-state index in [0.29, 0.717) is 30.1 Å². The maximum absolute atomic E-state index is 12.8. The number of carbonyl (C=O) groups excluding carboxylic acids is 1. The van der Waals surface area contributed by atoms with Gasteiger partial charge >= 0.3 is 6.18 Å². The molecule has 5 nitrogen and oxygen atoms in total. The Morgan fingerprint density at radius 2 is 2.14 bits per heavy atom. The summed E-state index contributed by atoms with van der Waals surface area (Å²) in [6, 6.07) is 5.43. The second kappa shape index (κ2) is 8.34. The number of aromatic nitrogens is 2. The van der Waals surface area contributed by atoms with Crippen molar-refractivity contribution in [3.05, 3.63) is 52.8 Å². The largest absolute Gasteiger partial charge is 0.416 e. The number of benzene rings is 1. The molecule has 0 saturated carbocycles. The van der Waals surface area contributed by atoms with Crippen LogP contribution in [0.15, 0.2) is 30.5 Å². The second-order valence-corrected chi connectivity index (χ2v) is 7.54. The topological polar surface area (TPSA) is 59.0 Å². The lowest BCUT2D eigenvalue weighted by Crippen LogP contribution is -2.33. The van der Waals surface area contributed by atoms with E-state index < -0.39 is 11.7 Å². The number of halogens is 3. The van der Waals surface area contributed by atoms with Gasteiger partial charge in [-0.05, 0) is 50.8 Å². The van der Waals surface area contributed by atoms with Gasteiger partial charge in [0, 0.05) is 19.1 Å². The van der Waals surface area contributed by atoms with Gasteiger partial charge in [-0.15, -0.1) is 0 Å². The molecule has 1 atom stereocenters. The van der Waals surface area contributed by atoms with E-state index in [1.54, 1.807) is 12.3 Å². The molecule has 28 heavy (non-hydrogen) atoms. The Hall–Kier alpha value is -2.35. The molecule has 1 aliphatic heterocycles. The number of rotatable bonds is 6. The Morgan fingerprint density at radius 3 is 2.86 bits per heavy atom. The predicted molar refractivity (Wildman–Crippen MR) is 99.8 cm³/mol. The molecule has 1 aromatic heterocycles. The molecule has 0 radical (unpaired) electrons. The molecule has 0 unspecified atom stereocenters. The first-order chi connectivity index (χ1) is 13.2. The highest BCUT2D eigenvalue weighted by Gasteiger charge is 2.30. The van der Waals surface area contributed by atoms with E-state index in [1.165, 1.54) is 12.1 Å². The third-order valence-electron chi connectivity index (χ3n) is 4.86. The average Bonchev–Trinajstić information content (AvgIpc) is 3.04. The molecule has 0 aliphatic carbocycles. The van der Waals surface area contributed by atoms with Crippen molar-refractivity contribution in [2.75, 3.05) is 6.54 Å². The van der Waals surface area contributed by atoms with Crippen LogP contribution >= 0.6 is 0 Å². The van der Waals surface area contributed by atoms with Crippen LogP contribution in [0, 0.1) is 5.92 Å². The summed E-state index contributed by atoms with van der Waals surface area (Å²) in [7, 11) is 0. The van der Waals surface area contributed by atoms with E-state index in [0.717, 1.165) is 31.1 Å². The highest BCUT2D eigenvalue weighted by molar-refractivity contribution is 5.95. The molecule has 0 spiro atoms. The third-order valence-corrected chi connectivity index (χ3v) is 4.86. The van der Waals surface area contributed by atoms with Gasteiger partial charge < -0.3 is 10.6 Å². The standard InChI is InChI=1S/C20H25F3N4O/c1-13(2)26-19(28)17-12-25-27-7-6-15(9-18(17)27)11-24-10-14-4-3-5-16(8-14)20(21,22)23/h3-5,8,12-13,15,24H,6-7,9-11H2,1-2H3,(H,26,28)/t15-/m1/s1. The minimum absolute atomic E-state index is 0.0524. The zero-order chi connectivity index (χ0) is 20.3. The number of amides is 1. The summed E-state index contributed by atoms with van der Waals surface area (Å²) in [6.07, 6.45) is -1.08. The summed E-state index contributed by atoms with van der Waals surface area (Å²) in [4.78, 5) is 12.3. The summed E-state index contributed by atoms with van der Waals surface area (Å²) in [5.41, 5.74) is 1.51. The molecular formula is C20H25F3N4O. The van der Waals surface area contributed by atoms with Crippen LogP contribution in [0.1, 0.15) is 47.4 Å². The molecule has 2 aromatic rings. The quantitative estimate of drug-likeness (QED) is 0.790. The first-order valence-electron chi connectivity index (χ1n) is 9.46. The minimum atomic E-state index is -4.33. The maximum atomic E-state index is 12.8. The number of hydrogen-bond donors (Lipinski definition) is 2. The van der Waals surface area contributed by atoms with Gasteiger partial charge in [0.05, 0.1) is 23.0 Å². The van der Waals surface area contributed by atoms with Gasteiger partial charge in [0.2, 0.25) is 0 Å². The number of alkyl halides is 3. The van der Waals surface area contributed by atoms with Crippen LogP contribution in [-0.2, 0) is 25.7 Å². The van der Waals surface area contributed by atoms with Crippen LogP contribution < -0.4 is 10.6 Å². The number of nitrogens with one attached hydrogen (secondary N) is 2. The van der Waals surface area contributed by atoms with Crippen LogP contribution in [0.4, 0.5) is 13.2 Å². The highest BCUT2D eigenvalue weighted by atomic mass is 19.4. The van der Waals surface area contributed by atoms with Crippen LogP contribution in [0.25, 0.3) is 0 Å². The molecule has 2 N–H and O–H groups in total. The molecule has 0 bridgehead atoms. The summed E-state index contributed by atoms with van der Waals surface area (Å²) in [5, 5.41) is 10.5. The Bertz CT molecular complexity index is 829. The van der Waals surface area contributed by atoms with Gasteiger partial charge in [-0.3, -0.25) is 9.48 Å². The van der Waals surface area contributed by atoms with Crippen molar-refractivity contribution < 1.29 is 18.0 Å². The van der Waals surface area contributed by atoms with Gasteiger partial charge in [-0.25, -0.2) is 0 Å². The molecule has 152 valence electrons. The zero-order valence-electron chi connectivity index (χ0n) is 16.0. The van der Waals surface area contributed by atoms with E-state index in [2.05, 4.69) is 15.7 Å². The molecular weight excluding hydrogens is 369 g/mol. The molecule has 1 aromatic carbocycles. The molecule has 3 rings (SSSR count). The molecule has 1 aliphatic rings. The van der Waals surface area contributed by atoms with Gasteiger partial charge in [0.15, 0.2) is 0 Å². The monoisotopic (exact) mass is 394 g/mol. The number of carbonyl (C=O) groups is 1. The Labute approximate surface area is 162 Å². The van der Waals surface area contributed by atoms with Crippen molar-refractivity contribution in [1.82, 2.24) is 20.4 Å². The molecule has 1 amide bonds. The number of aryl methyl sites for hydroxylation is 1. The number of hydrogen-bond acceptors (Lipinski definition) is 3. The fourth-order valence-corrected chi connectivity index (χ4v) is 3.48. The Morgan fingerprint density at radius 1 is 1.36 bits per heavy atom. The fraction of sp³-hybridized carbons (Fsp3) is 0.500. The highest BCUT2D eigenvalue weighted by Crippen LogP contribution is 2.29. The van der Waals surface area contributed by atoms with Crippen LogP contribution in [-0.4, -0.2) is 28.3 Å². The van der Waals surface area contributed by atoms with Crippen molar-refractivity contribution in [3.63, 3.8) is 0 Å². The summed E-state index contributed by atoms with van der Waals surface area (Å²) in [5.74, 6) is 0.189. The second-order valence-electron chi connectivity index (χ2n) is 7.54. The van der Waals surface area contributed by atoms with Gasteiger partial charge in [0.1, 0.15) is 0 Å². The van der Waals surface area contributed by atoms with Crippen LogP contribution in [0.3, 0.4) is 0 Å². The zero-order valence-corrected chi connectivity index (χ0v) is 16.0. The molecule has 0 fully saturated rings. The first kappa shape index (κ1) is 20.4. The smallest absolute Gasteiger partial charge is 0.350 e. The summed E-state index contributed by atoms with van der Waals surface area (Å²) < 4.78 is 40.3. The number of fused-ring (bicyclic) bond motifs is 1. The van der Waals surface area contributed by atoms with Crippen molar-refractivity contribution in [2.45, 2.75) is 52.0 Å². The minimum Gasteiger partial charge on any atom is -0.350 e. The predicted octanol–water partition coefficient (Wildman–Crippen LogP) is 3.39. The SMILES string of the molecule is CC(C)NC(=O)c1cnn2c1C[C@H](CNCc1cccc(C(F)(F)F)c1)CC2. The van der Waals surface area contributed by atoms with E-state index in [-0.39, 0.29) is 11.9 Å². The molecule has 2 heterocycles. The van der Waals surface area contributed by atoms with E-state index in [9.17, 15) is 18.0 Å². The van der Waals surface area contributed by atoms with Crippen LogP contribution in [0.5, 0.6) is 0 Å². The number of nitrogens with zero attached hydrogens (tertiary/aromatic N) is 2. The van der Waals surface area contributed by atoms with Gasteiger partial charge in [-0.2, -0.15) is 18.3 Å². The summed E-state index contributed by atoms with van der Waals surface area (Å²) >= 11 is 0. The molecule has 0 saturated heterocycles. The third kappa shape index (κ3) is 4.92. The van der Waals surface area contributed by atoms with E-state index >= 15 is 0 Å². The first-order valence-corrected chi connectivity index (χ1v) is 9.46. The van der Waals surface area contributed by atoms with Crippen molar-refractivity contribution in [1.29, 1.82) is 0 Å². The van der Waals surface area contributed by atoms with E-state index in [4.69, 9.17) is 0 Å². The van der Waals surface area contributed by atoms with Gasteiger partial charge in [-0.1, -0.05) is 18.2 Å². The Kier molecular flexibility index (Phi) is 6.07.